The molecule has 2 aromatic carbocycles. The van der Waals surface area contributed by atoms with Crippen molar-refractivity contribution in [2.45, 2.75) is 6.42 Å². The van der Waals surface area contributed by atoms with Crippen molar-refractivity contribution >= 4 is 28.2 Å². The molecule has 0 radical (unpaired) electrons. The number of carbonyl (C=O) groups excluding carboxylic acids is 1. The number of ether oxygens (including phenoxy) is 1. The highest BCUT2D eigenvalue weighted by molar-refractivity contribution is 6.05. The first kappa shape index (κ1) is 14.3. The number of rotatable bonds is 2. The molecule has 22 heavy (non-hydrogen) atoms. The Morgan fingerprint density at radius 1 is 1.18 bits per heavy atom. The molecular weight excluding hydrogens is 278 g/mol. The summed E-state index contributed by atoms with van der Waals surface area (Å²) in [4.78, 5) is 15.6. The van der Waals surface area contributed by atoms with Crippen LogP contribution in [0.15, 0.2) is 47.5 Å². The van der Waals surface area contributed by atoms with Gasteiger partial charge in [0.2, 0.25) is 0 Å². The van der Waals surface area contributed by atoms with E-state index in [1.54, 1.807) is 6.07 Å². The van der Waals surface area contributed by atoms with Crippen LogP contribution >= 0.6 is 0 Å². The van der Waals surface area contributed by atoms with Crippen LogP contribution in [0.25, 0.3) is 16.3 Å². The maximum Gasteiger partial charge on any atom is 0.280 e. The summed E-state index contributed by atoms with van der Waals surface area (Å²) in [6.07, 6.45) is 2.95. The second kappa shape index (κ2) is 5.99. The molecule has 1 aliphatic heterocycles. The van der Waals surface area contributed by atoms with Crippen LogP contribution in [0.2, 0.25) is 0 Å². The van der Waals surface area contributed by atoms with Crippen LogP contribution in [0.3, 0.4) is 0 Å². The summed E-state index contributed by atoms with van der Waals surface area (Å²) >= 11 is 0. The van der Waals surface area contributed by atoms with Crippen molar-refractivity contribution in [3.8, 4) is 0 Å². The molecule has 0 atom stereocenters. The van der Waals surface area contributed by atoms with Gasteiger partial charge in [0.25, 0.3) is 5.91 Å². The van der Waals surface area contributed by atoms with Crippen molar-refractivity contribution in [2.75, 3.05) is 13.2 Å². The highest BCUT2D eigenvalue weighted by Crippen LogP contribution is 2.29. The van der Waals surface area contributed by atoms with Gasteiger partial charge in [-0.05, 0) is 40.5 Å². The third-order valence-corrected chi connectivity index (χ3v) is 3.67. The van der Waals surface area contributed by atoms with Crippen LogP contribution in [-0.4, -0.2) is 25.1 Å². The summed E-state index contributed by atoms with van der Waals surface area (Å²) in [6, 6.07) is 11.6. The Bertz CT molecular complexity index is 790. The maximum absolute atomic E-state index is 12.0. The molecule has 0 aromatic heterocycles. The van der Waals surface area contributed by atoms with E-state index in [1.165, 1.54) is 5.57 Å². The molecule has 0 aliphatic carbocycles. The molecule has 0 unspecified atom stereocenters. The van der Waals surface area contributed by atoms with Crippen LogP contribution in [-0.2, 0) is 4.74 Å². The van der Waals surface area contributed by atoms with Gasteiger partial charge in [-0.15, -0.1) is 0 Å². The average Bonchev–Trinajstić information content (AvgIpc) is 2.54. The molecule has 1 heterocycles. The van der Waals surface area contributed by atoms with Crippen molar-refractivity contribution < 1.29 is 9.53 Å². The third kappa shape index (κ3) is 2.84. The largest absolute Gasteiger partial charge is 0.377 e. The number of guanidine groups is 1. The van der Waals surface area contributed by atoms with Crippen LogP contribution in [0.5, 0.6) is 0 Å². The SMILES string of the molecule is NC(N)=NC(=O)c1ccc2cccc(C3=CCOCC3)c2c1. The van der Waals surface area contributed by atoms with E-state index in [-0.39, 0.29) is 5.96 Å². The summed E-state index contributed by atoms with van der Waals surface area (Å²) in [6.45, 7) is 1.34. The molecule has 1 aliphatic rings. The van der Waals surface area contributed by atoms with E-state index in [4.69, 9.17) is 16.2 Å². The molecule has 1 amide bonds. The van der Waals surface area contributed by atoms with Gasteiger partial charge in [0, 0.05) is 5.56 Å². The first-order valence-corrected chi connectivity index (χ1v) is 7.09. The molecule has 2 aromatic rings. The number of fused-ring (bicyclic) bond motifs is 1. The Labute approximate surface area is 128 Å². The molecule has 0 fully saturated rings. The third-order valence-electron chi connectivity index (χ3n) is 3.67. The van der Waals surface area contributed by atoms with Crippen molar-refractivity contribution in [3.05, 3.63) is 53.6 Å². The summed E-state index contributed by atoms with van der Waals surface area (Å²) in [5.41, 5.74) is 13.4. The second-order valence-corrected chi connectivity index (χ2v) is 5.14. The lowest BCUT2D eigenvalue weighted by atomic mass is 9.94. The lowest BCUT2D eigenvalue weighted by Gasteiger charge is -2.16. The number of nitrogens with two attached hydrogens (primary N) is 2. The van der Waals surface area contributed by atoms with Gasteiger partial charge < -0.3 is 16.2 Å². The molecule has 0 spiro atoms. The Morgan fingerprint density at radius 3 is 2.77 bits per heavy atom. The normalized spacial score (nSPS) is 14.5. The van der Waals surface area contributed by atoms with Crippen LogP contribution in [0.4, 0.5) is 0 Å². The predicted octanol–water partition coefficient (Wildman–Crippen LogP) is 2.06. The zero-order valence-electron chi connectivity index (χ0n) is 12.1. The Hall–Kier alpha value is -2.66. The van der Waals surface area contributed by atoms with Gasteiger partial charge in [0.1, 0.15) is 0 Å². The molecule has 4 N–H and O–H groups in total. The fourth-order valence-electron chi connectivity index (χ4n) is 2.64. The van der Waals surface area contributed by atoms with E-state index in [0.717, 1.165) is 29.4 Å². The van der Waals surface area contributed by atoms with Gasteiger partial charge >= 0.3 is 0 Å². The number of benzene rings is 2. The molecule has 3 rings (SSSR count). The summed E-state index contributed by atoms with van der Waals surface area (Å²) in [5, 5.41) is 2.10. The smallest absolute Gasteiger partial charge is 0.280 e. The molecule has 0 saturated heterocycles. The number of amides is 1. The van der Waals surface area contributed by atoms with E-state index in [2.05, 4.69) is 17.1 Å². The van der Waals surface area contributed by atoms with E-state index >= 15 is 0 Å². The second-order valence-electron chi connectivity index (χ2n) is 5.14. The van der Waals surface area contributed by atoms with Gasteiger partial charge in [-0.2, -0.15) is 4.99 Å². The molecule has 5 heteroatoms. The number of hydrogen-bond acceptors (Lipinski definition) is 2. The zero-order chi connectivity index (χ0) is 15.5. The van der Waals surface area contributed by atoms with Crippen molar-refractivity contribution in [2.24, 2.45) is 16.5 Å². The van der Waals surface area contributed by atoms with E-state index in [9.17, 15) is 4.79 Å². The van der Waals surface area contributed by atoms with Gasteiger partial charge in [-0.3, -0.25) is 4.79 Å². The minimum Gasteiger partial charge on any atom is -0.377 e. The van der Waals surface area contributed by atoms with Gasteiger partial charge in [-0.1, -0.05) is 30.3 Å². The van der Waals surface area contributed by atoms with Crippen LogP contribution < -0.4 is 11.5 Å². The zero-order valence-corrected chi connectivity index (χ0v) is 12.1. The lowest BCUT2D eigenvalue weighted by Crippen LogP contribution is -2.24. The minimum absolute atomic E-state index is 0.231. The quantitative estimate of drug-likeness (QED) is 0.655. The number of hydrogen-bond donors (Lipinski definition) is 2. The monoisotopic (exact) mass is 295 g/mol. The molecular formula is C17H17N3O2. The molecule has 0 saturated carbocycles. The number of carbonyl (C=O) groups is 1. The highest BCUT2D eigenvalue weighted by atomic mass is 16.5. The fraction of sp³-hybridized carbons (Fsp3) is 0.176. The number of aliphatic imine (C=N–C) groups is 1. The molecule has 0 bridgehead atoms. The average molecular weight is 295 g/mol. The topological polar surface area (TPSA) is 90.7 Å². The van der Waals surface area contributed by atoms with Gasteiger partial charge in [0.05, 0.1) is 13.2 Å². The lowest BCUT2D eigenvalue weighted by molar-refractivity contribution is 0.100. The summed E-state index contributed by atoms with van der Waals surface area (Å²) in [5.74, 6) is -0.664. The van der Waals surface area contributed by atoms with E-state index in [1.807, 2.05) is 24.3 Å². The van der Waals surface area contributed by atoms with Gasteiger partial charge in [0.15, 0.2) is 5.96 Å². The molecule has 112 valence electrons. The maximum atomic E-state index is 12.0. The summed E-state index contributed by atoms with van der Waals surface area (Å²) in [7, 11) is 0. The highest BCUT2D eigenvalue weighted by Gasteiger charge is 2.12. The van der Waals surface area contributed by atoms with Gasteiger partial charge in [-0.25, -0.2) is 0 Å². The Morgan fingerprint density at radius 2 is 2.05 bits per heavy atom. The van der Waals surface area contributed by atoms with Crippen molar-refractivity contribution in [3.63, 3.8) is 0 Å². The minimum atomic E-state index is -0.433. The first-order chi connectivity index (χ1) is 10.6. The van der Waals surface area contributed by atoms with Crippen LogP contribution in [0, 0.1) is 0 Å². The first-order valence-electron chi connectivity index (χ1n) is 7.09. The predicted molar refractivity (Wildman–Crippen MR) is 87.5 cm³/mol. The van der Waals surface area contributed by atoms with E-state index < -0.39 is 5.91 Å². The van der Waals surface area contributed by atoms with Crippen LogP contribution in [0.1, 0.15) is 22.3 Å². The van der Waals surface area contributed by atoms with Crippen molar-refractivity contribution in [1.29, 1.82) is 0 Å². The van der Waals surface area contributed by atoms with Crippen molar-refractivity contribution in [1.82, 2.24) is 0 Å². The van der Waals surface area contributed by atoms with E-state index in [0.29, 0.717) is 12.2 Å². The number of nitrogens with zero attached hydrogens (tertiary/aromatic N) is 1. The Kier molecular flexibility index (Phi) is 3.89. The summed E-state index contributed by atoms with van der Waals surface area (Å²) < 4.78 is 5.36. The molecule has 5 nitrogen and oxygen atoms in total. The Balaban J connectivity index is 2.12. The standard InChI is InChI=1S/C17H17N3O2/c18-17(19)20-16(21)13-5-4-11-2-1-3-14(15(11)10-13)12-6-8-22-9-7-12/h1-6,10H,7-9H2,(H4,18,19,20,21). The fourth-order valence-corrected chi connectivity index (χ4v) is 2.64.